The Morgan fingerprint density at radius 1 is 1.21 bits per heavy atom. The number of guanidine groups is 1. The summed E-state index contributed by atoms with van der Waals surface area (Å²) >= 11 is 0. The molecule has 2 N–H and O–H groups in total. The minimum Gasteiger partial charge on any atom is -0.444 e. The van der Waals surface area contributed by atoms with Crippen molar-refractivity contribution in [1.82, 2.24) is 15.5 Å². The van der Waals surface area contributed by atoms with E-state index in [0.29, 0.717) is 32.1 Å². The molecule has 0 saturated heterocycles. The van der Waals surface area contributed by atoms with Crippen LogP contribution in [0.15, 0.2) is 35.3 Å². The van der Waals surface area contributed by atoms with E-state index in [0.717, 1.165) is 0 Å². The summed E-state index contributed by atoms with van der Waals surface area (Å²) in [5.41, 5.74) is 0.704. The fraction of sp³-hybridized carbons (Fsp3) is 0.556. The number of rotatable bonds is 6. The van der Waals surface area contributed by atoms with E-state index in [2.05, 4.69) is 27.8 Å². The molecule has 6 heteroatoms. The first-order chi connectivity index (χ1) is 11.4. The minimum absolute atomic E-state index is 0.293. The van der Waals surface area contributed by atoms with Crippen molar-refractivity contribution in [2.24, 2.45) is 4.99 Å². The molecule has 0 saturated carbocycles. The zero-order valence-electron chi connectivity index (χ0n) is 15.4. The number of carbonyl (C=O) groups is 1. The first kappa shape index (κ1) is 19.8. The standard InChI is InChI=1S/C18H30N4O2/c1-6-22(17(23)24-18(2,3)4)13-12-20-16(19-5)21-14-15-10-8-7-9-11-15/h7-11H,6,12-14H2,1-5H3,(H2,19,20,21). The quantitative estimate of drug-likeness (QED) is 0.620. The van der Waals surface area contributed by atoms with Gasteiger partial charge < -0.3 is 20.3 Å². The zero-order chi connectivity index (χ0) is 18.0. The number of nitrogens with one attached hydrogen (secondary N) is 2. The molecule has 1 aromatic rings. The smallest absolute Gasteiger partial charge is 0.410 e. The van der Waals surface area contributed by atoms with Gasteiger partial charge in [-0.05, 0) is 33.3 Å². The number of nitrogens with zero attached hydrogens (tertiary/aromatic N) is 2. The van der Waals surface area contributed by atoms with Crippen LogP contribution >= 0.6 is 0 Å². The number of hydrogen-bond donors (Lipinski definition) is 2. The minimum atomic E-state index is -0.481. The number of ether oxygens (including phenoxy) is 1. The summed E-state index contributed by atoms with van der Waals surface area (Å²) in [5.74, 6) is 0.707. The zero-order valence-corrected chi connectivity index (χ0v) is 15.4. The van der Waals surface area contributed by atoms with E-state index in [1.54, 1.807) is 11.9 Å². The molecular weight excluding hydrogens is 304 g/mol. The molecule has 24 heavy (non-hydrogen) atoms. The van der Waals surface area contributed by atoms with Gasteiger partial charge in [0.05, 0.1) is 0 Å². The van der Waals surface area contributed by atoms with Crippen LogP contribution in [0.25, 0.3) is 0 Å². The van der Waals surface area contributed by atoms with Crippen LogP contribution in [0, 0.1) is 0 Å². The third-order valence-electron chi connectivity index (χ3n) is 3.23. The molecule has 1 amide bonds. The van der Waals surface area contributed by atoms with Crippen LogP contribution in [-0.2, 0) is 11.3 Å². The predicted molar refractivity (Wildman–Crippen MR) is 98.1 cm³/mol. The molecule has 1 rings (SSSR count). The molecule has 134 valence electrons. The van der Waals surface area contributed by atoms with E-state index in [-0.39, 0.29) is 6.09 Å². The molecule has 0 aliphatic carbocycles. The van der Waals surface area contributed by atoms with Crippen molar-refractivity contribution >= 4 is 12.1 Å². The number of amides is 1. The fourth-order valence-electron chi connectivity index (χ4n) is 2.02. The average Bonchev–Trinajstić information content (AvgIpc) is 2.53. The number of aliphatic imine (C=N–C) groups is 1. The van der Waals surface area contributed by atoms with Crippen LogP contribution in [0.3, 0.4) is 0 Å². The Balaban J connectivity index is 2.38. The number of carbonyl (C=O) groups excluding carboxylic acids is 1. The van der Waals surface area contributed by atoms with Gasteiger partial charge in [0, 0.05) is 33.2 Å². The van der Waals surface area contributed by atoms with Gasteiger partial charge in [-0.3, -0.25) is 4.99 Å². The van der Waals surface area contributed by atoms with Crippen LogP contribution in [0.5, 0.6) is 0 Å². The van der Waals surface area contributed by atoms with E-state index in [1.165, 1.54) is 5.56 Å². The number of hydrogen-bond acceptors (Lipinski definition) is 3. The van der Waals surface area contributed by atoms with Gasteiger partial charge in [0.25, 0.3) is 0 Å². The maximum atomic E-state index is 12.1. The molecule has 0 spiro atoms. The van der Waals surface area contributed by atoms with Crippen molar-refractivity contribution in [2.75, 3.05) is 26.7 Å². The second-order valence-corrected chi connectivity index (χ2v) is 6.40. The maximum absolute atomic E-state index is 12.1. The lowest BCUT2D eigenvalue weighted by Gasteiger charge is -2.26. The molecule has 0 unspecified atom stereocenters. The molecule has 0 radical (unpaired) electrons. The fourth-order valence-corrected chi connectivity index (χ4v) is 2.02. The Kier molecular flexibility index (Phi) is 8.09. The summed E-state index contributed by atoms with van der Waals surface area (Å²) in [5, 5.41) is 6.46. The lowest BCUT2D eigenvalue weighted by molar-refractivity contribution is 0.0264. The molecule has 0 aliphatic rings. The Morgan fingerprint density at radius 3 is 2.42 bits per heavy atom. The third-order valence-corrected chi connectivity index (χ3v) is 3.23. The molecule has 0 heterocycles. The molecule has 1 aromatic carbocycles. The van der Waals surface area contributed by atoms with Crippen molar-refractivity contribution in [3.63, 3.8) is 0 Å². The Bertz CT molecular complexity index is 524. The highest BCUT2D eigenvalue weighted by atomic mass is 16.6. The summed E-state index contributed by atoms with van der Waals surface area (Å²) in [6.07, 6.45) is -0.293. The normalized spacial score (nSPS) is 11.8. The molecular formula is C18H30N4O2. The van der Waals surface area contributed by atoms with Gasteiger partial charge in [0.1, 0.15) is 5.60 Å². The average molecular weight is 334 g/mol. The second-order valence-electron chi connectivity index (χ2n) is 6.40. The largest absolute Gasteiger partial charge is 0.444 e. The number of benzene rings is 1. The van der Waals surface area contributed by atoms with Crippen LogP contribution in [-0.4, -0.2) is 49.2 Å². The predicted octanol–water partition coefficient (Wildman–Crippen LogP) is 2.61. The van der Waals surface area contributed by atoms with Gasteiger partial charge in [0.2, 0.25) is 0 Å². The lowest BCUT2D eigenvalue weighted by Crippen LogP contribution is -2.44. The molecule has 0 bridgehead atoms. The second kappa shape index (κ2) is 9.80. The van der Waals surface area contributed by atoms with Crippen LogP contribution < -0.4 is 10.6 Å². The molecule has 6 nitrogen and oxygen atoms in total. The molecule has 0 aliphatic heterocycles. The summed E-state index contributed by atoms with van der Waals surface area (Å²) in [6, 6.07) is 10.1. The first-order valence-corrected chi connectivity index (χ1v) is 8.32. The van der Waals surface area contributed by atoms with Crippen LogP contribution in [0.4, 0.5) is 4.79 Å². The Morgan fingerprint density at radius 2 is 1.88 bits per heavy atom. The summed E-state index contributed by atoms with van der Waals surface area (Å²) < 4.78 is 5.39. The molecule has 0 aromatic heterocycles. The summed E-state index contributed by atoms with van der Waals surface area (Å²) in [6.45, 7) is 9.99. The van der Waals surface area contributed by atoms with Gasteiger partial charge in [0.15, 0.2) is 5.96 Å². The topological polar surface area (TPSA) is 66.0 Å². The summed E-state index contributed by atoms with van der Waals surface area (Å²) in [7, 11) is 1.73. The Hall–Kier alpha value is -2.24. The van der Waals surface area contributed by atoms with Gasteiger partial charge >= 0.3 is 6.09 Å². The van der Waals surface area contributed by atoms with Crippen molar-refractivity contribution in [3.8, 4) is 0 Å². The highest BCUT2D eigenvalue weighted by Gasteiger charge is 2.20. The van der Waals surface area contributed by atoms with Crippen molar-refractivity contribution < 1.29 is 9.53 Å². The monoisotopic (exact) mass is 334 g/mol. The van der Waals surface area contributed by atoms with Crippen LogP contribution in [0.1, 0.15) is 33.3 Å². The summed E-state index contributed by atoms with van der Waals surface area (Å²) in [4.78, 5) is 17.9. The van der Waals surface area contributed by atoms with Crippen molar-refractivity contribution in [2.45, 2.75) is 39.8 Å². The van der Waals surface area contributed by atoms with E-state index in [9.17, 15) is 4.79 Å². The van der Waals surface area contributed by atoms with E-state index < -0.39 is 5.60 Å². The Labute approximate surface area is 145 Å². The van der Waals surface area contributed by atoms with Gasteiger partial charge in [-0.15, -0.1) is 0 Å². The van der Waals surface area contributed by atoms with Gasteiger partial charge in [-0.2, -0.15) is 0 Å². The van der Waals surface area contributed by atoms with Crippen LogP contribution in [0.2, 0.25) is 0 Å². The van der Waals surface area contributed by atoms with E-state index in [1.807, 2.05) is 45.9 Å². The highest BCUT2D eigenvalue weighted by molar-refractivity contribution is 5.79. The molecule has 0 fully saturated rings. The van der Waals surface area contributed by atoms with E-state index >= 15 is 0 Å². The van der Waals surface area contributed by atoms with Crippen molar-refractivity contribution in [3.05, 3.63) is 35.9 Å². The number of likely N-dealkylation sites (N-methyl/N-ethyl adjacent to an activating group) is 1. The van der Waals surface area contributed by atoms with E-state index in [4.69, 9.17) is 4.74 Å². The lowest BCUT2D eigenvalue weighted by atomic mass is 10.2. The molecule has 0 atom stereocenters. The third kappa shape index (κ3) is 7.85. The maximum Gasteiger partial charge on any atom is 0.410 e. The van der Waals surface area contributed by atoms with Gasteiger partial charge in [-0.25, -0.2) is 4.79 Å². The first-order valence-electron chi connectivity index (χ1n) is 8.32. The van der Waals surface area contributed by atoms with Crippen molar-refractivity contribution in [1.29, 1.82) is 0 Å². The highest BCUT2D eigenvalue weighted by Crippen LogP contribution is 2.09. The van der Waals surface area contributed by atoms with Gasteiger partial charge in [-0.1, -0.05) is 30.3 Å². The SMILES string of the molecule is CCN(CCNC(=NC)NCc1ccccc1)C(=O)OC(C)(C)C.